The van der Waals surface area contributed by atoms with Crippen LogP contribution in [-0.4, -0.2) is 70.6 Å². The number of benzene rings is 2. The highest BCUT2D eigenvalue weighted by molar-refractivity contribution is 7.13. The summed E-state index contributed by atoms with van der Waals surface area (Å²) in [6.07, 6.45) is 2.55. The number of nitrogens with one attached hydrogen (secondary N) is 4. The summed E-state index contributed by atoms with van der Waals surface area (Å²) in [4.78, 5) is 74.3. The molecule has 3 aromatic rings. The largest absolute Gasteiger partial charge is 0.354 e. The molecule has 0 fully saturated rings. The lowest BCUT2D eigenvalue weighted by molar-refractivity contribution is -0.132. The topological polar surface area (TPSA) is 150 Å². The van der Waals surface area contributed by atoms with Gasteiger partial charge in [0.05, 0.1) is 10.7 Å². The molecule has 12 heteroatoms. The molecule has 11 nitrogen and oxygen atoms in total. The molecule has 262 valence electrons. The number of hydrogen-bond donors (Lipinski definition) is 4. The summed E-state index contributed by atoms with van der Waals surface area (Å²) in [6, 6.07) is 13.6. The molecule has 0 unspecified atom stereocenters. The Hall–Kier alpha value is -4.58. The van der Waals surface area contributed by atoms with Gasteiger partial charge in [-0.2, -0.15) is 0 Å². The summed E-state index contributed by atoms with van der Waals surface area (Å²) in [7, 11) is 0. The first-order valence-electron chi connectivity index (χ1n) is 17.0. The maximum atomic E-state index is 13.8. The number of carbonyl (C=O) groups is 5. The van der Waals surface area contributed by atoms with Gasteiger partial charge < -0.3 is 26.2 Å². The van der Waals surface area contributed by atoms with Crippen molar-refractivity contribution in [3.8, 4) is 0 Å². The molecule has 5 amide bonds. The van der Waals surface area contributed by atoms with E-state index in [2.05, 4.69) is 26.3 Å². The minimum atomic E-state index is -0.976. The molecule has 0 spiro atoms. The lowest BCUT2D eigenvalue weighted by Gasteiger charge is -2.25. The van der Waals surface area contributed by atoms with E-state index in [1.54, 1.807) is 24.0 Å². The van der Waals surface area contributed by atoms with E-state index in [1.165, 1.54) is 11.3 Å². The first kappa shape index (κ1) is 37.2. The van der Waals surface area contributed by atoms with Crippen molar-refractivity contribution in [1.29, 1.82) is 0 Å². The molecular formula is C37H48N6O5S. The Bertz CT molecular complexity index is 1610. The van der Waals surface area contributed by atoms with E-state index in [1.807, 2.05) is 70.2 Å². The van der Waals surface area contributed by atoms with Crippen LogP contribution in [0.15, 0.2) is 54.6 Å². The van der Waals surface area contributed by atoms with E-state index in [0.717, 1.165) is 22.6 Å². The van der Waals surface area contributed by atoms with Crippen molar-refractivity contribution in [3.63, 3.8) is 0 Å². The molecule has 1 aromatic heterocycles. The third-order valence-corrected chi connectivity index (χ3v) is 9.65. The van der Waals surface area contributed by atoms with E-state index in [9.17, 15) is 24.0 Å². The van der Waals surface area contributed by atoms with E-state index >= 15 is 0 Å². The zero-order valence-corrected chi connectivity index (χ0v) is 29.8. The lowest BCUT2D eigenvalue weighted by Crippen LogP contribution is -2.57. The monoisotopic (exact) mass is 688 g/mol. The van der Waals surface area contributed by atoms with Gasteiger partial charge in [0.25, 0.3) is 11.8 Å². The van der Waals surface area contributed by atoms with Crippen molar-refractivity contribution >= 4 is 40.9 Å². The van der Waals surface area contributed by atoms with Gasteiger partial charge in [-0.25, -0.2) is 4.98 Å². The maximum absolute atomic E-state index is 13.8. The van der Waals surface area contributed by atoms with Gasteiger partial charge in [0.1, 0.15) is 23.0 Å². The van der Waals surface area contributed by atoms with Crippen LogP contribution < -0.4 is 21.3 Å². The zero-order valence-electron chi connectivity index (χ0n) is 29.0. The van der Waals surface area contributed by atoms with Gasteiger partial charge in [0.15, 0.2) is 0 Å². The predicted molar refractivity (Wildman–Crippen MR) is 190 cm³/mol. The Labute approximate surface area is 292 Å². The quantitative estimate of drug-likeness (QED) is 0.289. The van der Waals surface area contributed by atoms with E-state index in [-0.39, 0.29) is 24.2 Å². The van der Waals surface area contributed by atoms with Crippen LogP contribution in [0.4, 0.5) is 0 Å². The highest BCUT2D eigenvalue weighted by Gasteiger charge is 2.30. The van der Waals surface area contributed by atoms with E-state index < -0.39 is 35.8 Å². The summed E-state index contributed by atoms with van der Waals surface area (Å²) in [5, 5.41) is 12.2. The standard InChI is InChI=1S/C37H48N6O5S/c1-6-31-39-24(4)32(49-31)37(48)43-19-11-10-18-38-33(44)25(5)40-35(46)29(20-23(2)3)42-36(47)30(21-26-12-8-7-9-13-26)41-34(45)28-16-14-27(22-43)15-17-28/h7-9,12-17,23,25,29-30H,6,10-11,18-22H2,1-5H3,(H,38,44)(H,40,46)(H,41,45)(H,42,47)/t25-,29+,30-/m1/s1. The number of aromatic nitrogens is 1. The summed E-state index contributed by atoms with van der Waals surface area (Å²) >= 11 is 1.41. The van der Waals surface area contributed by atoms with Gasteiger partial charge in [-0.3, -0.25) is 24.0 Å². The van der Waals surface area contributed by atoms with Crippen molar-refractivity contribution in [3.05, 3.63) is 86.9 Å². The second-order valence-corrected chi connectivity index (χ2v) is 14.0. The Morgan fingerprint density at radius 3 is 2.27 bits per heavy atom. The molecule has 0 radical (unpaired) electrons. The fourth-order valence-electron chi connectivity index (χ4n) is 5.63. The third-order valence-electron chi connectivity index (χ3n) is 8.36. The van der Waals surface area contributed by atoms with Gasteiger partial charge in [0.2, 0.25) is 17.7 Å². The highest BCUT2D eigenvalue weighted by atomic mass is 32.1. The summed E-state index contributed by atoms with van der Waals surface area (Å²) in [5.41, 5.74) is 2.75. The van der Waals surface area contributed by atoms with Crippen LogP contribution in [0.5, 0.6) is 0 Å². The van der Waals surface area contributed by atoms with Crippen molar-refractivity contribution in [2.75, 3.05) is 13.1 Å². The Morgan fingerprint density at radius 1 is 0.918 bits per heavy atom. The number of rotatable bonds is 6. The number of carbonyl (C=O) groups excluding carboxylic acids is 5. The van der Waals surface area contributed by atoms with Crippen molar-refractivity contribution < 1.29 is 24.0 Å². The minimum absolute atomic E-state index is 0.0653. The van der Waals surface area contributed by atoms with Crippen LogP contribution in [0.25, 0.3) is 0 Å². The molecule has 5 rings (SSSR count). The number of thiazole rings is 1. The second-order valence-electron chi connectivity index (χ2n) is 12.9. The highest BCUT2D eigenvalue weighted by Crippen LogP contribution is 2.22. The fraction of sp³-hybridized carbons (Fsp3) is 0.459. The van der Waals surface area contributed by atoms with Crippen molar-refractivity contribution in [2.24, 2.45) is 5.92 Å². The minimum Gasteiger partial charge on any atom is -0.354 e. The first-order chi connectivity index (χ1) is 23.4. The van der Waals surface area contributed by atoms with Crippen LogP contribution in [0.2, 0.25) is 0 Å². The molecule has 0 saturated heterocycles. The number of nitrogens with zero attached hydrogens (tertiary/aromatic N) is 2. The number of amides is 5. The van der Waals surface area contributed by atoms with Crippen molar-refractivity contribution in [1.82, 2.24) is 31.2 Å². The Morgan fingerprint density at radius 2 is 1.61 bits per heavy atom. The summed E-state index contributed by atoms with van der Waals surface area (Å²) in [5.74, 6) is -1.81. The first-order valence-corrected chi connectivity index (χ1v) is 17.8. The molecule has 3 atom stereocenters. The third kappa shape index (κ3) is 10.7. The fourth-order valence-corrected chi connectivity index (χ4v) is 6.60. The SMILES string of the molecule is CCc1nc(C)c(C(=O)N2CCCCNC(=O)[C@@H](C)NC(=O)[C@H](CC(C)C)NC(=O)[C@@H](Cc3ccccc3)NC(=O)c3ccc(cc3)C2)s1. The zero-order chi connectivity index (χ0) is 35.5. The molecular weight excluding hydrogens is 641 g/mol. The number of hydrogen-bond acceptors (Lipinski definition) is 7. The van der Waals surface area contributed by atoms with Gasteiger partial charge >= 0.3 is 0 Å². The van der Waals surface area contributed by atoms with Gasteiger partial charge in [-0.15, -0.1) is 11.3 Å². The van der Waals surface area contributed by atoms with Gasteiger partial charge in [-0.05, 0) is 68.7 Å². The molecule has 2 bridgehead atoms. The van der Waals surface area contributed by atoms with Gasteiger partial charge in [-0.1, -0.05) is 63.2 Å². The molecule has 0 saturated carbocycles. The van der Waals surface area contributed by atoms with Crippen LogP contribution in [0, 0.1) is 12.8 Å². The smallest absolute Gasteiger partial charge is 0.266 e. The number of fused-ring (bicyclic) bond motifs is 18. The number of aryl methyl sites for hydroxylation is 2. The molecule has 4 N–H and O–H groups in total. The predicted octanol–water partition coefficient (Wildman–Crippen LogP) is 3.94. The second kappa shape index (κ2) is 17.7. The summed E-state index contributed by atoms with van der Waals surface area (Å²) in [6.45, 7) is 10.5. The van der Waals surface area contributed by atoms with Crippen LogP contribution in [0.3, 0.4) is 0 Å². The van der Waals surface area contributed by atoms with Gasteiger partial charge in [0, 0.05) is 31.6 Å². The van der Waals surface area contributed by atoms with E-state index in [4.69, 9.17) is 0 Å². The normalized spacial score (nSPS) is 20.2. The molecule has 49 heavy (non-hydrogen) atoms. The molecule has 0 aliphatic carbocycles. The van der Waals surface area contributed by atoms with Crippen LogP contribution >= 0.6 is 11.3 Å². The average molecular weight is 689 g/mol. The van der Waals surface area contributed by atoms with Crippen LogP contribution in [0.1, 0.15) is 88.8 Å². The summed E-state index contributed by atoms with van der Waals surface area (Å²) < 4.78 is 0. The van der Waals surface area contributed by atoms with Crippen molar-refractivity contribution in [2.45, 2.75) is 91.4 Å². The Kier molecular flexibility index (Phi) is 13.5. The van der Waals surface area contributed by atoms with Crippen LogP contribution in [-0.2, 0) is 33.8 Å². The average Bonchev–Trinajstić information content (AvgIpc) is 3.47. The molecule has 2 aliphatic rings. The maximum Gasteiger partial charge on any atom is 0.266 e. The lowest BCUT2D eigenvalue weighted by atomic mass is 10.0. The molecule has 2 aliphatic heterocycles. The molecule has 3 heterocycles. The van der Waals surface area contributed by atoms with E-state index in [0.29, 0.717) is 55.0 Å². The molecule has 2 aromatic carbocycles. The Balaban J connectivity index is 1.63.